The first-order chi connectivity index (χ1) is 31.2. The van der Waals surface area contributed by atoms with Gasteiger partial charge >= 0.3 is 5.65 Å². The molecular formula is C46H47N16O2+. The van der Waals surface area contributed by atoms with E-state index in [1.54, 1.807) is 36.9 Å². The van der Waals surface area contributed by atoms with Gasteiger partial charge in [0.15, 0.2) is 11.8 Å². The van der Waals surface area contributed by atoms with Crippen LogP contribution in [0.4, 0.5) is 11.9 Å². The lowest BCUT2D eigenvalue weighted by Crippen LogP contribution is -2.61. The van der Waals surface area contributed by atoms with Crippen molar-refractivity contribution >= 4 is 23.2 Å². The van der Waals surface area contributed by atoms with E-state index in [1.807, 2.05) is 57.8 Å². The Morgan fingerprint density at radius 2 is 1.23 bits per heavy atom. The number of phenols is 2. The third-order valence-electron chi connectivity index (χ3n) is 14.0. The Kier molecular flexibility index (Phi) is 9.01. The van der Waals surface area contributed by atoms with E-state index in [0.717, 1.165) is 106 Å². The Hall–Kier alpha value is -7.18. The molecule has 18 heteroatoms. The monoisotopic (exact) mass is 855 g/mol. The first-order valence-corrected chi connectivity index (χ1v) is 21.9. The molecule has 0 saturated carbocycles. The van der Waals surface area contributed by atoms with Crippen LogP contribution in [0, 0.1) is 10.8 Å². The molecule has 0 atom stereocenters. The van der Waals surface area contributed by atoms with Crippen molar-refractivity contribution in [2.75, 3.05) is 69.2 Å². The summed E-state index contributed by atoms with van der Waals surface area (Å²) < 4.78 is 6.02. The fourth-order valence-corrected chi connectivity index (χ4v) is 10.0. The smallest absolute Gasteiger partial charge is 0.308 e. The second kappa shape index (κ2) is 15.0. The highest BCUT2D eigenvalue weighted by atomic mass is 16.3. The predicted molar refractivity (Wildman–Crippen MR) is 237 cm³/mol. The number of phenolic OH excluding ortho intramolecular Hbond substituents is 2. The summed E-state index contributed by atoms with van der Waals surface area (Å²) in [6, 6.07) is 15.0. The van der Waals surface area contributed by atoms with E-state index < -0.39 is 0 Å². The van der Waals surface area contributed by atoms with Crippen molar-refractivity contribution < 1.29 is 14.8 Å². The highest BCUT2D eigenvalue weighted by Crippen LogP contribution is 2.43. The molecule has 4 aliphatic rings. The van der Waals surface area contributed by atoms with E-state index >= 15 is 0 Å². The maximum absolute atomic E-state index is 11.1. The zero-order valence-corrected chi connectivity index (χ0v) is 35.5. The molecule has 8 aromatic rings. The molecule has 0 unspecified atom stereocenters. The van der Waals surface area contributed by atoms with Crippen LogP contribution in [0.2, 0.25) is 0 Å². The number of imidazole rings is 2. The number of aromatic nitrogens is 12. The molecule has 0 bridgehead atoms. The van der Waals surface area contributed by atoms with Gasteiger partial charge in [-0.15, -0.1) is 24.9 Å². The topological polar surface area (TPSA) is 182 Å². The standard InChI is InChI=1S/C46H46N16O2/c1-56-13-8-45(9-14-56)26-60(27-45)43-49-22-36(51-53-43)33-4-2-31(20-39(33)63)35-6-7-42-59(18-19-62(42)55-35)30-57-15-10-46(11-16-57)28-61(29-46)44-50-23-37(52-54-44)34-5-3-32(21-40(34)64)38-25-58-17-12-47-41(58)24-48-38/h2-7,12,17-25H,8-11,13-16,26-30H2,1H3,(H-,51,52,63,64)/p+1. The van der Waals surface area contributed by atoms with Gasteiger partial charge in [0.05, 0.1) is 24.3 Å². The van der Waals surface area contributed by atoms with Crippen molar-refractivity contribution in [1.82, 2.24) is 64.1 Å². The summed E-state index contributed by atoms with van der Waals surface area (Å²) in [5, 5.41) is 44.7. The molecule has 4 fully saturated rings. The van der Waals surface area contributed by atoms with Crippen LogP contribution in [0.25, 0.3) is 56.3 Å². The number of nitrogens with zero attached hydrogens (tertiary/aromatic N) is 16. The lowest BCUT2D eigenvalue weighted by Gasteiger charge is -2.53. The van der Waals surface area contributed by atoms with Gasteiger partial charge in [0, 0.05) is 97.0 Å². The van der Waals surface area contributed by atoms with Crippen molar-refractivity contribution in [1.29, 1.82) is 0 Å². The molecule has 322 valence electrons. The number of benzene rings is 2. The largest absolute Gasteiger partial charge is 0.507 e. The number of anilines is 2. The van der Waals surface area contributed by atoms with Crippen molar-refractivity contribution in [3.05, 3.63) is 98.1 Å². The Morgan fingerprint density at radius 3 is 1.83 bits per heavy atom. The molecule has 6 aromatic heterocycles. The molecule has 4 saturated heterocycles. The van der Waals surface area contributed by atoms with Gasteiger partial charge in [0.2, 0.25) is 11.9 Å². The van der Waals surface area contributed by atoms with Crippen molar-refractivity contribution in [2.24, 2.45) is 10.8 Å². The van der Waals surface area contributed by atoms with Crippen LogP contribution in [-0.4, -0.2) is 134 Å². The summed E-state index contributed by atoms with van der Waals surface area (Å²) in [7, 11) is 2.19. The minimum atomic E-state index is 0.0907. The Labute approximate surface area is 368 Å². The molecule has 10 heterocycles. The zero-order chi connectivity index (χ0) is 43.0. The average Bonchev–Trinajstić information content (AvgIpc) is 3.95. The summed E-state index contributed by atoms with van der Waals surface area (Å²) in [5.74, 6) is 1.46. The van der Waals surface area contributed by atoms with Crippen molar-refractivity contribution in [3.63, 3.8) is 0 Å². The normalized spacial score (nSPS) is 18.5. The van der Waals surface area contributed by atoms with Gasteiger partial charge in [-0.1, -0.05) is 17.2 Å². The zero-order valence-electron chi connectivity index (χ0n) is 35.5. The van der Waals surface area contributed by atoms with Gasteiger partial charge in [-0.2, -0.15) is 0 Å². The molecule has 0 radical (unpaired) electrons. The highest BCUT2D eigenvalue weighted by Gasteiger charge is 2.47. The number of hydrogen-bond donors (Lipinski definition) is 2. The van der Waals surface area contributed by atoms with E-state index in [0.29, 0.717) is 39.8 Å². The fourth-order valence-electron chi connectivity index (χ4n) is 10.0. The first-order valence-electron chi connectivity index (χ1n) is 21.9. The fraction of sp³-hybridized carbons (Fsp3) is 0.348. The van der Waals surface area contributed by atoms with Crippen LogP contribution in [0.15, 0.2) is 98.1 Å². The van der Waals surface area contributed by atoms with Gasteiger partial charge in [-0.25, -0.2) is 19.5 Å². The summed E-state index contributed by atoms with van der Waals surface area (Å²) in [6.45, 7) is 8.80. The predicted octanol–water partition coefficient (Wildman–Crippen LogP) is 4.21. The second-order valence-corrected chi connectivity index (χ2v) is 18.3. The third kappa shape index (κ3) is 6.89. The lowest BCUT2D eigenvalue weighted by atomic mass is 9.72. The Bertz CT molecular complexity index is 3010. The molecule has 64 heavy (non-hydrogen) atoms. The number of fused-ring (bicyclic) bond motifs is 2. The van der Waals surface area contributed by atoms with E-state index in [-0.39, 0.29) is 16.9 Å². The SMILES string of the molecule is CN1CCC2(CC1)CN(c1ncc(-c3ccc(-c4ccc5n(cc[n+]5CN5CCC6(CC5)CN(c5ncc(-c7ccc(-c8cn9ccnc9cn8)cc7O)nn5)C6)n4)cc3O)nn1)C2. The molecule has 0 amide bonds. The maximum Gasteiger partial charge on any atom is 0.308 e. The summed E-state index contributed by atoms with van der Waals surface area (Å²) in [6.07, 6.45) is 19.2. The van der Waals surface area contributed by atoms with Crippen LogP contribution in [0.1, 0.15) is 25.7 Å². The quantitative estimate of drug-likeness (QED) is 0.207. The van der Waals surface area contributed by atoms with Gasteiger partial charge in [0.1, 0.15) is 41.4 Å². The third-order valence-corrected chi connectivity index (χ3v) is 14.0. The molecule has 2 N–H and O–H groups in total. The minimum absolute atomic E-state index is 0.0907. The van der Waals surface area contributed by atoms with E-state index in [1.165, 1.54) is 12.8 Å². The van der Waals surface area contributed by atoms with Crippen LogP contribution < -0.4 is 14.4 Å². The molecular weight excluding hydrogens is 809 g/mol. The van der Waals surface area contributed by atoms with Gasteiger partial charge in [-0.05, 0) is 76.2 Å². The molecule has 0 aliphatic carbocycles. The Balaban J connectivity index is 0.639. The van der Waals surface area contributed by atoms with Crippen LogP contribution >= 0.6 is 0 Å². The van der Waals surface area contributed by atoms with Crippen LogP contribution in [0.3, 0.4) is 0 Å². The number of hydrogen-bond acceptors (Lipinski definition) is 15. The van der Waals surface area contributed by atoms with Crippen LogP contribution in [-0.2, 0) is 6.67 Å². The molecule has 12 rings (SSSR count). The Morgan fingerprint density at radius 1 is 0.625 bits per heavy atom. The minimum Gasteiger partial charge on any atom is -0.507 e. The summed E-state index contributed by atoms with van der Waals surface area (Å²) in [5.41, 5.74) is 7.65. The highest BCUT2D eigenvalue weighted by molar-refractivity contribution is 5.74. The second-order valence-electron chi connectivity index (χ2n) is 18.3. The molecule has 2 aromatic carbocycles. The molecule has 2 spiro atoms. The number of likely N-dealkylation sites (tertiary alicyclic amines) is 2. The van der Waals surface area contributed by atoms with Crippen LogP contribution in [0.5, 0.6) is 11.5 Å². The van der Waals surface area contributed by atoms with Crippen molar-refractivity contribution in [3.8, 4) is 56.5 Å². The van der Waals surface area contributed by atoms with Gasteiger partial charge in [-0.3, -0.25) is 9.88 Å². The van der Waals surface area contributed by atoms with Gasteiger partial charge in [0.25, 0.3) is 0 Å². The first kappa shape index (κ1) is 38.5. The number of rotatable bonds is 8. The van der Waals surface area contributed by atoms with Gasteiger partial charge < -0.3 is 29.3 Å². The summed E-state index contributed by atoms with van der Waals surface area (Å²) in [4.78, 5) is 27.3. The molecule has 18 nitrogen and oxygen atoms in total. The number of aromatic hydroxyl groups is 2. The average molecular weight is 856 g/mol. The molecule has 4 aliphatic heterocycles. The van der Waals surface area contributed by atoms with E-state index in [2.05, 4.69) is 83.8 Å². The van der Waals surface area contributed by atoms with E-state index in [9.17, 15) is 10.2 Å². The number of piperidine rings is 2. The maximum atomic E-state index is 11.1. The lowest BCUT2D eigenvalue weighted by molar-refractivity contribution is -0.691. The van der Waals surface area contributed by atoms with E-state index in [4.69, 9.17) is 5.10 Å². The van der Waals surface area contributed by atoms with Crippen molar-refractivity contribution in [2.45, 2.75) is 32.4 Å². The summed E-state index contributed by atoms with van der Waals surface area (Å²) >= 11 is 0.